The molecule has 176 valence electrons. The van der Waals surface area contributed by atoms with Crippen LogP contribution in [0.4, 0.5) is 5.00 Å². The van der Waals surface area contributed by atoms with Gasteiger partial charge in [0.05, 0.1) is 17.1 Å². The van der Waals surface area contributed by atoms with Gasteiger partial charge in [-0.05, 0) is 56.0 Å². The summed E-state index contributed by atoms with van der Waals surface area (Å²) in [5.74, 6) is 1.52. The van der Waals surface area contributed by atoms with Crippen molar-refractivity contribution in [1.29, 1.82) is 5.26 Å². The Morgan fingerprint density at radius 1 is 1.11 bits per heavy atom. The van der Waals surface area contributed by atoms with Gasteiger partial charge in [-0.3, -0.25) is 9.36 Å². The van der Waals surface area contributed by atoms with E-state index in [1.165, 1.54) is 38.4 Å². The van der Waals surface area contributed by atoms with Crippen LogP contribution in [0, 0.1) is 18.3 Å². The number of thioether (sulfide) groups is 2. The Morgan fingerprint density at radius 2 is 1.91 bits per heavy atom. The molecule has 6 nitrogen and oxygen atoms in total. The number of amides is 1. The van der Waals surface area contributed by atoms with Crippen LogP contribution in [-0.2, 0) is 23.4 Å². The molecule has 1 amide bonds. The number of aromatic nitrogens is 3. The fourth-order valence-corrected chi connectivity index (χ4v) is 6.85. The highest BCUT2D eigenvalue weighted by Crippen LogP contribution is 2.38. The van der Waals surface area contributed by atoms with E-state index in [0.29, 0.717) is 21.5 Å². The van der Waals surface area contributed by atoms with Crippen LogP contribution in [0.15, 0.2) is 64.6 Å². The van der Waals surface area contributed by atoms with Crippen molar-refractivity contribution in [2.45, 2.75) is 42.0 Å². The number of carbonyl (C=O) groups excluding carboxylic acids is 1. The topological polar surface area (TPSA) is 83.6 Å². The summed E-state index contributed by atoms with van der Waals surface area (Å²) in [6, 6.07) is 20.7. The Morgan fingerprint density at radius 3 is 2.69 bits per heavy atom. The molecule has 0 saturated carbocycles. The second-order valence-corrected chi connectivity index (χ2v) is 11.3. The molecule has 2 heterocycles. The lowest BCUT2D eigenvalue weighted by atomic mass is 10.1. The van der Waals surface area contributed by atoms with Crippen LogP contribution in [0.5, 0.6) is 0 Å². The molecule has 0 unspecified atom stereocenters. The molecule has 1 aliphatic rings. The number of anilines is 1. The van der Waals surface area contributed by atoms with Crippen molar-refractivity contribution in [3.8, 4) is 11.8 Å². The van der Waals surface area contributed by atoms with Crippen molar-refractivity contribution in [1.82, 2.24) is 14.8 Å². The Kier molecular flexibility index (Phi) is 7.23. The normalized spacial score (nSPS) is 12.3. The molecule has 2 aromatic heterocycles. The van der Waals surface area contributed by atoms with Crippen molar-refractivity contribution in [3.05, 3.63) is 82.0 Å². The van der Waals surface area contributed by atoms with Crippen LogP contribution >= 0.6 is 34.9 Å². The number of rotatable bonds is 8. The zero-order valence-electron chi connectivity index (χ0n) is 19.2. The van der Waals surface area contributed by atoms with Gasteiger partial charge in [0.25, 0.3) is 0 Å². The van der Waals surface area contributed by atoms with Crippen LogP contribution in [-0.4, -0.2) is 26.4 Å². The van der Waals surface area contributed by atoms with Gasteiger partial charge < -0.3 is 5.32 Å². The first-order chi connectivity index (χ1) is 17.1. The van der Waals surface area contributed by atoms with Gasteiger partial charge >= 0.3 is 0 Å². The Labute approximate surface area is 216 Å². The zero-order chi connectivity index (χ0) is 24.2. The number of nitriles is 1. The third-order valence-electron chi connectivity index (χ3n) is 5.72. The first kappa shape index (κ1) is 23.7. The number of fused-ring (bicyclic) bond motifs is 1. The average molecular weight is 518 g/mol. The fraction of sp³-hybridized carbons (Fsp3) is 0.231. The molecule has 4 aromatic rings. The monoisotopic (exact) mass is 517 g/mol. The maximum atomic E-state index is 12.8. The van der Waals surface area contributed by atoms with Gasteiger partial charge in [-0.25, -0.2) is 0 Å². The molecule has 5 rings (SSSR count). The number of aryl methyl sites for hydroxylation is 2. The smallest absolute Gasteiger partial charge is 0.235 e. The molecule has 0 aliphatic heterocycles. The maximum absolute atomic E-state index is 12.8. The molecule has 0 fully saturated rings. The standard InChI is InChI=1S/C26H23N5OS3/c1-17-10-12-19(13-11-17)33-15-23-29-30-26(31(23)18-6-3-2-4-7-18)34-16-24(32)28-25-21(14-27)20-8-5-9-22(20)35-25/h2-4,6-7,10-13H,5,8-9,15-16H2,1H3,(H,28,32). The summed E-state index contributed by atoms with van der Waals surface area (Å²) < 4.78 is 2.01. The van der Waals surface area contributed by atoms with E-state index in [1.54, 1.807) is 11.8 Å². The van der Waals surface area contributed by atoms with Crippen molar-refractivity contribution in [2.75, 3.05) is 11.1 Å². The largest absolute Gasteiger partial charge is 0.316 e. The molecular weight excluding hydrogens is 495 g/mol. The summed E-state index contributed by atoms with van der Waals surface area (Å²) in [5.41, 5.74) is 3.93. The van der Waals surface area contributed by atoms with Gasteiger partial charge in [-0.2, -0.15) is 5.26 Å². The van der Waals surface area contributed by atoms with Gasteiger partial charge in [-0.1, -0.05) is 47.7 Å². The van der Waals surface area contributed by atoms with Crippen molar-refractivity contribution in [2.24, 2.45) is 0 Å². The van der Waals surface area contributed by atoms with Crippen molar-refractivity contribution in [3.63, 3.8) is 0 Å². The molecule has 0 spiro atoms. The second-order valence-electron chi connectivity index (χ2n) is 8.18. The minimum atomic E-state index is -0.149. The Bertz CT molecular complexity index is 1390. The van der Waals surface area contributed by atoms with E-state index in [2.05, 4.69) is 52.8 Å². The van der Waals surface area contributed by atoms with Gasteiger partial charge in [0, 0.05) is 15.5 Å². The number of benzene rings is 2. The van der Waals surface area contributed by atoms with E-state index in [0.717, 1.165) is 36.3 Å². The summed E-state index contributed by atoms with van der Waals surface area (Å²) in [6.07, 6.45) is 2.99. The summed E-state index contributed by atoms with van der Waals surface area (Å²) in [7, 11) is 0. The first-order valence-corrected chi connectivity index (χ1v) is 14.1. The minimum Gasteiger partial charge on any atom is -0.316 e. The molecule has 1 N–H and O–H groups in total. The molecule has 0 atom stereocenters. The van der Waals surface area contributed by atoms with Gasteiger partial charge in [0.15, 0.2) is 5.16 Å². The molecule has 0 radical (unpaired) electrons. The lowest BCUT2D eigenvalue weighted by Crippen LogP contribution is -2.14. The van der Waals surface area contributed by atoms with E-state index >= 15 is 0 Å². The van der Waals surface area contributed by atoms with Crippen LogP contribution in [0.1, 0.15) is 33.8 Å². The highest BCUT2D eigenvalue weighted by Gasteiger charge is 2.23. The van der Waals surface area contributed by atoms with E-state index < -0.39 is 0 Å². The highest BCUT2D eigenvalue weighted by atomic mass is 32.2. The zero-order valence-corrected chi connectivity index (χ0v) is 21.6. The minimum absolute atomic E-state index is 0.149. The first-order valence-electron chi connectivity index (χ1n) is 11.3. The molecule has 0 saturated heterocycles. The van der Waals surface area contributed by atoms with Crippen LogP contribution in [0.2, 0.25) is 0 Å². The third kappa shape index (κ3) is 5.30. The van der Waals surface area contributed by atoms with E-state index in [9.17, 15) is 10.1 Å². The molecular formula is C26H23N5OS3. The lowest BCUT2D eigenvalue weighted by Gasteiger charge is -2.10. The van der Waals surface area contributed by atoms with Crippen LogP contribution in [0.3, 0.4) is 0 Å². The van der Waals surface area contributed by atoms with Crippen molar-refractivity contribution >= 4 is 45.8 Å². The van der Waals surface area contributed by atoms with Gasteiger partial charge in [0.2, 0.25) is 5.91 Å². The molecule has 1 aliphatic carbocycles. The number of hydrogen-bond donors (Lipinski definition) is 1. The highest BCUT2D eigenvalue weighted by molar-refractivity contribution is 7.99. The Balaban J connectivity index is 1.31. The summed E-state index contributed by atoms with van der Waals surface area (Å²) in [4.78, 5) is 15.2. The molecule has 9 heteroatoms. The van der Waals surface area contributed by atoms with Crippen LogP contribution < -0.4 is 5.32 Å². The third-order valence-corrected chi connectivity index (χ3v) is 8.87. The number of hydrogen-bond acceptors (Lipinski definition) is 7. The van der Waals surface area contributed by atoms with E-state index in [1.807, 2.05) is 34.9 Å². The quantitative estimate of drug-likeness (QED) is 0.288. The van der Waals surface area contributed by atoms with Crippen molar-refractivity contribution < 1.29 is 4.79 Å². The lowest BCUT2D eigenvalue weighted by molar-refractivity contribution is -0.113. The molecule has 35 heavy (non-hydrogen) atoms. The number of para-hydroxylation sites is 1. The Hall–Kier alpha value is -3.06. The second kappa shape index (κ2) is 10.7. The summed E-state index contributed by atoms with van der Waals surface area (Å²) in [5, 5.41) is 22.7. The van der Waals surface area contributed by atoms with E-state index in [-0.39, 0.29) is 11.7 Å². The predicted molar refractivity (Wildman–Crippen MR) is 143 cm³/mol. The SMILES string of the molecule is Cc1ccc(SCc2nnc(SCC(=O)Nc3sc4c(c3C#N)CCC4)n2-c2ccccc2)cc1. The fourth-order valence-electron chi connectivity index (χ4n) is 4.01. The predicted octanol–water partition coefficient (Wildman–Crippen LogP) is 6.02. The van der Waals surface area contributed by atoms with Gasteiger partial charge in [0.1, 0.15) is 16.9 Å². The number of thiophene rings is 1. The number of nitrogens with zero attached hydrogens (tertiary/aromatic N) is 4. The van der Waals surface area contributed by atoms with E-state index in [4.69, 9.17) is 0 Å². The number of carbonyl (C=O) groups is 1. The average Bonchev–Trinajstić information content (AvgIpc) is 3.57. The molecule has 2 aromatic carbocycles. The summed E-state index contributed by atoms with van der Waals surface area (Å²) >= 11 is 4.59. The number of nitrogens with one attached hydrogen (secondary N) is 1. The van der Waals surface area contributed by atoms with Crippen LogP contribution in [0.25, 0.3) is 5.69 Å². The van der Waals surface area contributed by atoms with Gasteiger partial charge in [-0.15, -0.1) is 33.3 Å². The molecule has 0 bridgehead atoms. The summed E-state index contributed by atoms with van der Waals surface area (Å²) in [6.45, 7) is 2.08. The maximum Gasteiger partial charge on any atom is 0.235 e.